The highest BCUT2D eigenvalue weighted by atomic mass is 35.5. The van der Waals surface area contributed by atoms with Crippen molar-refractivity contribution in [3.63, 3.8) is 0 Å². The summed E-state index contributed by atoms with van der Waals surface area (Å²) in [5.74, 6) is -0.462. The number of carbonyl (C=O) groups is 1. The molecule has 0 aliphatic carbocycles. The Balaban J connectivity index is 1.85. The Morgan fingerprint density at radius 3 is 2.21 bits per heavy atom. The Bertz CT molecular complexity index is 1070. The minimum absolute atomic E-state index is 0.0463. The number of rotatable bonds is 6. The summed E-state index contributed by atoms with van der Waals surface area (Å²) in [4.78, 5) is 12.6. The van der Waals surface area contributed by atoms with E-state index in [1.807, 2.05) is 6.07 Å². The fraction of sp³-hybridized carbons (Fsp3) is 0.0952. The van der Waals surface area contributed by atoms with E-state index in [-0.39, 0.29) is 17.0 Å². The number of nitrogens with zero attached hydrogens (tertiary/aromatic N) is 1. The van der Waals surface area contributed by atoms with Gasteiger partial charge in [0, 0.05) is 18.6 Å². The molecule has 0 unspecified atom stereocenters. The maximum absolute atomic E-state index is 13.1. The summed E-state index contributed by atoms with van der Waals surface area (Å²) < 4.78 is 27.4. The molecule has 1 amide bonds. The number of anilines is 1. The van der Waals surface area contributed by atoms with Crippen molar-refractivity contribution in [3.8, 4) is 0 Å². The predicted molar refractivity (Wildman–Crippen MR) is 111 cm³/mol. The van der Waals surface area contributed by atoms with Gasteiger partial charge in [-0.2, -0.15) is 0 Å². The Morgan fingerprint density at radius 1 is 0.929 bits per heavy atom. The van der Waals surface area contributed by atoms with E-state index in [0.29, 0.717) is 10.7 Å². The number of hydrogen-bond donors (Lipinski definition) is 1. The van der Waals surface area contributed by atoms with Gasteiger partial charge in [0.25, 0.3) is 15.9 Å². The molecule has 28 heavy (non-hydrogen) atoms. The molecular weight excluding hydrogens is 396 g/mol. The average Bonchev–Trinajstić information content (AvgIpc) is 2.73. The standard InChI is InChI=1S/C21H19ClN2O3S/c1-24(18-7-3-2-4-8-18)28(26,27)20-10-6-5-9-19(20)21(25)23-15-16-11-13-17(22)14-12-16/h2-14H,15H2,1H3,(H,23,25). The first-order chi connectivity index (χ1) is 13.4. The SMILES string of the molecule is CN(c1ccccc1)S(=O)(=O)c1ccccc1C(=O)NCc1ccc(Cl)cc1. The van der Waals surface area contributed by atoms with Crippen molar-refractivity contribution in [1.29, 1.82) is 0 Å². The second-order valence-corrected chi connectivity index (χ2v) is 8.49. The predicted octanol–water partition coefficient (Wildman–Crippen LogP) is 4.10. The summed E-state index contributed by atoms with van der Waals surface area (Å²) in [6, 6.07) is 22.0. The molecule has 0 atom stereocenters. The topological polar surface area (TPSA) is 66.5 Å². The zero-order chi connectivity index (χ0) is 20.1. The number of nitrogens with one attached hydrogen (secondary N) is 1. The Hall–Kier alpha value is -2.83. The molecule has 0 bridgehead atoms. The summed E-state index contributed by atoms with van der Waals surface area (Å²) in [6.07, 6.45) is 0. The maximum atomic E-state index is 13.1. The van der Waals surface area contributed by atoms with Crippen LogP contribution < -0.4 is 9.62 Å². The molecule has 5 nitrogen and oxygen atoms in total. The molecule has 0 aliphatic rings. The largest absolute Gasteiger partial charge is 0.348 e. The molecule has 3 aromatic rings. The number of benzene rings is 3. The highest BCUT2D eigenvalue weighted by Crippen LogP contribution is 2.24. The van der Waals surface area contributed by atoms with Crippen LogP contribution in [0.25, 0.3) is 0 Å². The summed E-state index contributed by atoms with van der Waals surface area (Å²) in [7, 11) is -2.44. The van der Waals surface area contributed by atoms with Crippen molar-refractivity contribution in [1.82, 2.24) is 5.32 Å². The normalized spacial score (nSPS) is 11.1. The lowest BCUT2D eigenvalue weighted by molar-refractivity contribution is 0.0947. The van der Waals surface area contributed by atoms with E-state index in [4.69, 9.17) is 11.6 Å². The summed E-state index contributed by atoms with van der Waals surface area (Å²) >= 11 is 5.86. The molecular formula is C21H19ClN2O3S. The second-order valence-electron chi connectivity index (χ2n) is 6.11. The third-order valence-corrected chi connectivity index (χ3v) is 6.35. The van der Waals surface area contributed by atoms with E-state index >= 15 is 0 Å². The first-order valence-electron chi connectivity index (χ1n) is 8.55. The van der Waals surface area contributed by atoms with E-state index < -0.39 is 15.9 Å². The fourth-order valence-corrected chi connectivity index (χ4v) is 4.19. The monoisotopic (exact) mass is 414 g/mol. The molecule has 0 aliphatic heterocycles. The zero-order valence-corrected chi connectivity index (χ0v) is 16.7. The summed E-state index contributed by atoms with van der Waals surface area (Å²) in [5, 5.41) is 3.37. The number of carbonyl (C=O) groups excluding carboxylic acids is 1. The quantitative estimate of drug-likeness (QED) is 0.660. The third-order valence-electron chi connectivity index (χ3n) is 4.26. The van der Waals surface area contributed by atoms with Crippen LogP contribution >= 0.6 is 11.6 Å². The van der Waals surface area contributed by atoms with Gasteiger partial charge in [0.05, 0.1) is 11.3 Å². The van der Waals surface area contributed by atoms with Gasteiger partial charge < -0.3 is 5.32 Å². The molecule has 0 heterocycles. The molecule has 3 rings (SSSR count). The minimum atomic E-state index is -3.90. The van der Waals surface area contributed by atoms with Crippen LogP contribution in [0.3, 0.4) is 0 Å². The molecule has 0 saturated heterocycles. The summed E-state index contributed by atoms with van der Waals surface area (Å²) in [6.45, 7) is 0.263. The van der Waals surface area contributed by atoms with Crippen molar-refractivity contribution in [2.75, 3.05) is 11.4 Å². The lowest BCUT2D eigenvalue weighted by atomic mass is 10.2. The number of amides is 1. The Kier molecular flexibility index (Phi) is 6.02. The van der Waals surface area contributed by atoms with Gasteiger partial charge in [0.1, 0.15) is 4.90 Å². The Labute approximate surface area is 169 Å². The first-order valence-corrected chi connectivity index (χ1v) is 10.4. The third kappa shape index (κ3) is 4.35. The lowest BCUT2D eigenvalue weighted by Gasteiger charge is -2.21. The van der Waals surface area contributed by atoms with Crippen LogP contribution in [-0.2, 0) is 16.6 Å². The van der Waals surface area contributed by atoms with Crippen LogP contribution in [0.5, 0.6) is 0 Å². The van der Waals surface area contributed by atoms with Gasteiger partial charge in [-0.15, -0.1) is 0 Å². The van der Waals surface area contributed by atoms with Gasteiger partial charge in [0.2, 0.25) is 0 Å². The number of halogens is 1. The molecule has 0 fully saturated rings. The van der Waals surface area contributed by atoms with Gasteiger partial charge >= 0.3 is 0 Å². The zero-order valence-electron chi connectivity index (χ0n) is 15.2. The average molecular weight is 415 g/mol. The number of sulfonamides is 1. The molecule has 0 saturated carbocycles. The first kappa shape index (κ1) is 19.9. The van der Waals surface area contributed by atoms with Crippen LogP contribution in [0, 0.1) is 0 Å². The van der Waals surface area contributed by atoms with Crippen molar-refractivity contribution >= 4 is 33.2 Å². The van der Waals surface area contributed by atoms with E-state index in [9.17, 15) is 13.2 Å². The van der Waals surface area contributed by atoms with Gasteiger partial charge in [-0.25, -0.2) is 8.42 Å². The van der Waals surface area contributed by atoms with Gasteiger partial charge in [0.15, 0.2) is 0 Å². The maximum Gasteiger partial charge on any atom is 0.264 e. The van der Waals surface area contributed by atoms with E-state index in [0.717, 1.165) is 9.87 Å². The molecule has 0 spiro atoms. The molecule has 7 heteroatoms. The lowest BCUT2D eigenvalue weighted by Crippen LogP contribution is -2.30. The highest BCUT2D eigenvalue weighted by molar-refractivity contribution is 7.92. The van der Waals surface area contributed by atoms with E-state index in [2.05, 4.69) is 5.32 Å². The van der Waals surface area contributed by atoms with Crippen LogP contribution in [0.15, 0.2) is 83.8 Å². The van der Waals surface area contributed by atoms with E-state index in [1.54, 1.807) is 60.7 Å². The van der Waals surface area contributed by atoms with Crippen LogP contribution in [-0.4, -0.2) is 21.4 Å². The van der Waals surface area contributed by atoms with Crippen molar-refractivity contribution in [2.24, 2.45) is 0 Å². The second kappa shape index (κ2) is 8.46. The molecule has 0 aromatic heterocycles. The fourth-order valence-electron chi connectivity index (χ4n) is 2.68. The van der Waals surface area contributed by atoms with Gasteiger partial charge in [-0.3, -0.25) is 9.10 Å². The number of para-hydroxylation sites is 1. The molecule has 1 N–H and O–H groups in total. The van der Waals surface area contributed by atoms with Crippen LogP contribution in [0.2, 0.25) is 5.02 Å². The van der Waals surface area contributed by atoms with Crippen LogP contribution in [0.4, 0.5) is 5.69 Å². The van der Waals surface area contributed by atoms with Gasteiger partial charge in [-0.05, 0) is 42.0 Å². The highest BCUT2D eigenvalue weighted by Gasteiger charge is 2.26. The smallest absolute Gasteiger partial charge is 0.264 e. The Morgan fingerprint density at radius 2 is 1.54 bits per heavy atom. The van der Waals surface area contributed by atoms with E-state index in [1.165, 1.54) is 19.2 Å². The van der Waals surface area contributed by atoms with Crippen molar-refractivity contribution < 1.29 is 13.2 Å². The minimum Gasteiger partial charge on any atom is -0.348 e. The molecule has 3 aromatic carbocycles. The van der Waals surface area contributed by atoms with Crippen LogP contribution in [0.1, 0.15) is 15.9 Å². The summed E-state index contributed by atoms with van der Waals surface area (Å²) in [5.41, 5.74) is 1.47. The molecule has 0 radical (unpaired) electrons. The van der Waals surface area contributed by atoms with Crippen molar-refractivity contribution in [3.05, 3.63) is 95.0 Å². The van der Waals surface area contributed by atoms with Gasteiger partial charge in [-0.1, -0.05) is 54.1 Å². The van der Waals surface area contributed by atoms with Crippen molar-refractivity contribution in [2.45, 2.75) is 11.4 Å². The number of hydrogen-bond acceptors (Lipinski definition) is 3. The molecule has 144 valence electrons.